The molecule has 1 fully saturated rings. The summed E-state index contributed by atoms with van der Waals surface area (Å²) in [6.45, 7) is 0. The summed E-state index contributed by atoms with van der Waals surface area (Å²) in [6, 6.07) is 0. The molecule has 1 rings (SSSR count). The average molecular weight is 180 g/mol. The zero-order valence-corrected chi connectivity index (χ0v) is 11.7. The zero-order valence-electron chi connectivity index (χ0n) is 4.91. The lowest BCUT2D eigenvalue weighted by atomic mass is 11.6. The topological polar surface area (TPSA) is 12.0 Å². The molecule has 1 saturated heterocycles. The van der Waals surface area contributed by atoms with Crippen molar-refractivity contribution in [2.75, 3.05) is 7.05 Å². The Morgan fingerprint density at radius 2 is 1.86 bits per heavy atom. The molecule has 6 heteroatoms. The Morgan fingerprint density at radius 3 is 2.14 bits per heavy atom. The third kappa shape index (κ3) is 1.78. The molecule has 0 aliphatic carbocycles. The van der Waals surface area contributed by atoms with Crippen LogP contribution >= 0.6 is 0 Å². The molecule has 0 radical (unpaired) electrons. The second-order valence-corrected chi connectivity index (χ2v) is 47.0. The maximum atomic E-state index is 3.60. The second-order valence-electron chi connectivity index (χ2n) is 2.27. The smallest absolute Gasteiger partial charge is 0.0700 e. The Labute approximate surface area is 54.6 Å². The van der Waals surface area contributed by atoms with E-state index >= 15 is 0 Å². The van der Waals surface area contributed by atoms with Gasteiger partial charge in [-0.1, -0.05) is 0 Å². The fourth-order valence-electron chi connectivity index (χ4n) is 1.21. The molecule has 0 aromatic carbocycles. The van der Waals surface area contributed by atoms with Gasteiger partial charge in [-0.15, -0.1) is 0 Å². The molecule has 0 atom stereocenters. The highest BCUT2D eigenvalue weighted by Crippen LogP contribution is 1.75. The van der Waals surface area contributed by atoms with Gasteiger partial charge in [0.25, 0.3) is 0 Å². The molecule has 0 saturated carbocycles. The summed E-state index contributed by atoms with van der Waals surface area (Å²) >= 11 is 0. The van der Waals surface area contributed by atoms with E-state index in [1.165, 1.54) is 0 Å². The quantitative estimate of drug-likeness (QED) is 0.400. The standard InChI is InChI=1S/CH13NSi5/c1-2-7-5-3-4-6-7/h2,7H,3-6H2,1H3. The van der Waals surface area contributed by atoms with E-state index in [0.717, 1.165) is 34.2 Å². The monoisotopic (exact) mass is 179 g/mol. The molecule has 1 aliphatic rings. The van der Waals surface area contributed by atoms with Gasteiger partial charge in [0.05, 0.1) is 7.99 Å². The van der Waals surface area contributed by atoms with Gasteiger partial charge in [-0.2, -0.15) is 0 Å². The van der Waals surface area contributed by atoms with Crippen molar-refractivity contribution in [3.8, 4) is 0 Å². The highest BCUT2D eigenvalue weighted by Gasteiger charge is 2.15. The molecule has 0 spiro atoms. The Hall–Kier alpha value is 1.04. The first kappa shape index (κ1) is 6.17. The van der Waals surface area contributed by atoms with E-state index in [-0.39, 0.29) is 7.99 Å². The van der Waals surface area contributed by atoms with Gasteiger partial charge in [0.15, 0.2) is 0 Å². The Bertz CT molecular complexity index is 50.0. The SMILES string of the molecule is CN[SiH]1[SiH2][SiH2][SiH2][SiH2]1. The fraction of sp³-hybridized carbons (Fsp3) is 1.00. The second kappa shape index (κ2) is 3.15. The Kier molecular flexibility index (Phi) is 2.77. The van der Waals surface area contributed by atoms with Crippen LogP contribution < -0.4 is 4.98 Å². The maximum absolute atomic E-state index is 3.60. The molecule has 0 amide bonds. The summed E-state index contributed by atoms with van der Waals surface area (Å²) in [5.41, 5.74) is 0. The van der Waals surface area contributed by atoms with Gasteiger partial charge in [-0.25, -0.2) is 0 Å². The molecule has 1 heterocycles. The first-order chi connectivity index (χ1) is 3.43. The summed E-state index contributed by atoms with van der Waals surface area (Å²) in [6.07, 6.45) is 0. The largest absolute Gasteiger partial charge is 0.348 e. The van der Waals surface area contributed by atoms with Crippen LogP contribution in [0.4, 0.5) is 0 Å². The predicted molar refractivity (Wildman–Crippen MR) is 50.4 cm³/mol. The molecule has 1 N–H and O–H groups in total. The third-order valence-corrected chi connectivity index (χ3v) is 97.9. The van der Waals surface area contributed by atoms with Gasteiger partial charge >= 0.3 is 0 Å². The van der Waals surface area contributed by atoms with Crippen molar-refractivity contribution in [2.45, 2.75) is 0 Å². The van der Waals surface area contributed by atoms with E-state index in [9.17, 15) is 0 Å². The molecule has 1 nitrogen and oxygen atoms in total. The van der Waals surface area contributed by atoms with Crippen LogP contribution in [0.15, 0.2) is 0 Å². The average Bonchev–Trinajstić information content (AvgIpc) is 2.14. The maximum Gasteiger partial charge on any atom is 0.0700 e. The number of hydrogen-bond donors (Lipinski definition) is 1. The van der Waals surface area contributed by atoms with Crippen LogP contribution in [0, 0.1) is 0 Å². The minimum absolute atomic E-state index is 0.0910. The zero-order chi connectivity index (χ0) is 5.11. The van der Waals surface area contributed by atoms with Crippen molar-refractivity contribution < 1.29 is 0 Å². The molecule has 0 aromatic heterocycles. The number of hydrogen-bond acceptors (Lipinski definition) is 1. The van der Waals surface area contributed by atoms with Crippen molar-refractivity contribution >= 4 is 42.2 Å². The molecule has 7 heavy (non-hydrogen) atoms. The van der Waals surface area contributed by atoms with E-state index in [2.05, 4.69) is 12.0 Å². The fourth-order valence-corrected chi connectivity index (χ4v) is 200. The normalized spacial score (nSPS) is 45.0. The predicted octanol–water partition coefficient (Wildman–Crippen LogP) is -4.64. The summed E-state index contributed by atoms with van der Waals surface area (Å²) in [4.78, 5) is 3.60. The first-order valence-electron chi connectivity index (χ1n) is 3.11. The minimum Gasteiger partial charge on any atom is -0.348 e. The lowest BCUT2D eigenvalue weighted by molar-refractivity contribution is 1.26. The van der Waals surface area contributed by atoms with Crippen LogP contribution in [0.1, 0.15) is 0 Å². The van der Waals surface area contributed by atoms with E-state index in [1.807, 2.05) is 0 Å². The summed E-state index contributed by atoms with van der Waals surface area (Å²) in [5, 5.41) is 0. The third-order valence-electron chi connectivity index (χ3n) is 1.76. The molecule has 0 unspecified atom stereocenters. The highest BCUT2D eigenvalue weighted by atomic mass is 30.1. The van der Waals surface area contributed by atoms with Crippen LogP contribution in [-0.4, -0.2) is 49.3 Å². The van der Waals surface area contributed by atoms with Crippen LogP contribution in [-0.2, 0) is 0 Å². The van der Waals surface area contributed by atoms with Crippen molar-refractivity contribution in [3.63, 3.8) is 0 Å². The lowest BCUT2D eigenvalue weighted by Gasteiger charge is -2.00. The molecule has 0 aromatic rings. The molecular formula is CH13NSi5. The number of nitrogens with one attached hydrogen (secondary N) is 1. The van der Waals surface area contributed by atoms with E-state index < -0.39 is 0 Å². The van der Waals surface area contributed by atoms with E-state index in [4.69, 9.17) is 0 Å². The molecule has 42 valence electrons. The molecule has 0 bridgehead atoms. The first-order valence-corrected chi connectivity index (χ1v) is 22.2. The summed E-state index contributed by atoms with van der Waals surface area (Å²) in [5.74, 6) is 0. The number of rotatable bonds is 1. The lowest BCUT2D eigenvalue weighted by Crippen LogP contribution is -2.39. The minimum atomic E-state index is 0.0910. The van der Waals surface area contributed by atoms with Crippen LogP contribution in [0.3, 0.4) is 0 Å². The van der Waals surface area contributed by atoms with E-state index in [0.29, 0.717) is 0 Å². The van der Waals surface area contributed by atoms with Gasteiger partial charge in [0.1, 0.15) is 0 Å². The Morgan fingerprint density at radius 1 is 1.29 bits per heavy atom. The van der Waals surface area contributed by atoms with Gasteiger partial charge in [-0.3, -0.25) is 0 Å². The van der Waals surface area contributed by atoms with Crippen LogP contribution in [0.5, 0.6) is 0 Å². The Balaban J connectivity index is 2.14. The van der Waals surface area contributed by atoms with E-state index in [1.54, 1.807) is 0 Å². The van der Waals surface area contributed by atoms with Crippen LogP contribution in [0.2, 0.25) is 0 Å². The van der Waals surface area contributed by atoms with Crippen molar-refractivity contribution in [3.05, 3.63) is 0 Å². The van der Waals surface area contributed by atoms with Gasteiger partial charge < -0.3 is 4.98 Å². The van der Waals surface area contributed by atoms with Gasteiger partial charge in [0.2, 0.25) is 0 Å². The van der Waals surface area contributed by atoms with Gasteiger partial charge in [-0.05, 0) is 24.2 Å². The molecule has 1 aliphatic heterocycles. The molecular weight excluding hydrogens is 166 g/mol. The van der Waals surface area contributed by atoms with Crippen molar-refractivity contribution in [1.29, 1.82) is 0 Å². The van der Waals surface area contributed by atoms with Crippen LogP contribution in [0.25, 0.3) is 0 Å². The highest BCUT2D eigenvalue weighted by molar-refractivity contribution is 7.80. The van der Waals surface area contributed by atoms with Crippen molar-refractivity contribution in [2.24, 2.45) is 0 Å². The summed E-state index contributed by atoms with van der Waals surface area (Å²) < 4.78 is 0. The van der Waals surface area contributed by atoms with Crippen molar-refractivity contribution in [1.82, 2.24) is 4.98 Å². The summed E-state index contributed by atoms with van der Waals surface area (Å²) in [7, 11) is 5.46. The van der Waals surface area contributed by atoms with Gasteiger partial charge in [0, 0.05) is 17.1 Å².